The lowest BCUT2D eigenvalue weighted by Gasteiger charge is -2.38. The van der Waals surface area contributed by atoms with Gasteiger partial charge < -0.3 is 4.74 Å². The average molecular weight is 176 g/mol. The minimum absolute atomic E-state index is 0.481. The van der Waals surface area contributed by atoms with Gasteiger partial charge in [0.2, 0.25) is 0 Å². The van der Waals surface area contributed by atoms with Gasteiger partial charge in [-0.1, -0.05) is 13.8 Å². The van der Waals surface area contributed by atoms with Crippen molar-refractivity contribution in [1.82, 2.24) is 0 Å². The summed E-state index contributed by atoms with van der Waals surface area (Å²) < 4.78 is 18.0. The Hall–Kier alpha value is -0.110. The van der Waals surface area contributed by atoms with Crippen molar-refractivity contribution in [3.8, 4) is 0 Å². The second-order valence-corrected chi connectivity index (χ2v) is 3.35. The van der Waals surface area contributed by atoms with E-state index in [0.717, 1.165) is 13.2 Å². The second-order valence-electron chi connectivity index (χ2n) is 3.35. The zero-order chi connectivity index (χ0) is 9.61. The second kappa shape index (κ2) is 5.52. The van der Waals surface area contributed by atoms with E-state index >= 15 is 0 Å². The van der Waals surface area contributed by atoms with Crippen molar-refractivity contribution in [2.45, 2.75) is 46.2 Å². The molecule has 74 valence electrons. The summed E-state index contributed by atoms with van der Waals surface area (Å²) in [7, 11) is 0. The molecule has 1 aliphatic rings. The van der Waals surface area contributed by atoms with E-state index in [1.807, 2.05) is 20.8 Å². The summed E-state index contributed by atoms with van der Waals surface area (Å²) in [4.78, 5) is 0. The van der Waals surface area contributed by atoms with Crippen LogP contribution < -0.4 is 0 Å². The average Bonchev–Trinajstić information content (AvgIpc) is 2.01. The summed E-state index contributed by atoms with van der Waals surface area (Å²) in [5.74, 6) is 0.481. The molecule has 1 nitrogen and oxygen atoms in total. The number of halogens is 1. The lowest BCUT2D eigenvalue weighted by Crippen LogP contribution is -2.38. The molecule has 0 aromatic carbocycles. The fourth-order valence-electron chi connectivity index (χ4n) is 1.55. The molecule has 0 aromatic rings. The quantitative estimate of drug-likeness (QED) is 0.641. The molecule has 12 heavy (non-hydrogen) atoms. The highest BCUT2D eigenvalue weighted by Crippen LogP contribution is 2.40. The molecule has 1 rings (SSSR count). The summed E-state index contributed by atoms with van der Waals surface area (Å²) in [6.07, 6.45) is 1.38. The van der Waals surface area contributed by atoms with Crippen LogP contribution in [0, 0.1) is 5.92 Å². The molecule has 0 heterocycles. The van der Waals surface area contributed by atoms with Crippen LogP contribution in [0.1, 0.15) is 40.5 Å². The van der Waals surface area contributed by atoms with Crippen molar-refractivity contribution in [3.05, 3.63) is 0 Å². The Morgan fingerprint density at radius 1 is 1.42 bits per heavy atom. The molecular formula is C10H21FO. The highest BCUT2D eigenvalue weighted by molar-refractivity contribution is 4.90. The zero-order valence-electron chi connectivity index (χ0n) is 8.69. The minimum atomic E-state index is -0.887. The fraction of sp³-hybridized carbons (Fsp3) is 1.00. The van der Waals surface area contributed by atoms with Crippen LogP contribution in [0.5, 0.6) is 0 Å². The van der Waals surface area contributed by atoms with Gasteiger partial charge in [0.05, 0.1) is 0 Å². The van der Waals surface area contributed by atoms with Crippen molar-refractivity contribution in [3.63, 3.8) is 0 Å². The van der Waals surface area contributed by atoms with Crippen molar-refractivity contribution in [1.29, 1.82) is 0 Å². The van der Waals surface area contributed by atoms with Gasteiger partial charge >= 0.3 is 0 Å². The Balaban J connectivity index is 0.000000561. The van der Waals surface area contributed by atoms with Crippen LogP contribution in [-0.4, -0.2) is 18.9 Å². The topological polar surface area (TPSA) is 9.23 Å². The smallest absolute Gasteiger partial charge is 0.109 e. The maximum absolute atomic E-state index is 12.8. The summed E-state index contributed by atoms with van der Waals surface area (Å²) >= 11 is 0. The fourth-order valence-corrected chi connectivity index (χ4v) is 1.55. The van der Waals surface area contributed by atoms with Gasteiger partial charge in [-0.25, -0.2) is 4.39 Å². The number of alkyl halides is 1. The van der Waals surface area contributed by atoms with E-state index in [1.54, 1.807) is 6.92 Å². The van der Waals surface area contributed by atoms with E-state index in [2.05, 4.69) is 0 Å². The number of ether oxygens (including phenoxy) is 1. The maximum Gasteiger partial charge on any atom is 0.109 e. The van der Waals surface area contributed by atoms with Gasteiger partial charge in [0.1, 0.15) is 5.67 Å². The molecule has 0 saturated heterocycles. The summed E-state index contributed by atoms with van der Waals surface area (Å²) in [5, 5.41) is 0. The van der Waals surface area contributed by atoms with Gasteiger partial charge in [-0.2, -0.15) is 0 Å². The van der Waals surface area contributed by atoms with Crippen molar-refractivity contribution < 1.29 is 9.13 Å². The van der Waals surface area contributed by atoms with E-state index < -0.39 is 5.67 Å². The van der Waals surface area contributed by atoms with Gasteiger partial charge in [0.25, 0.3) is 0 Å². The van der Waals surface area contributed by atoms with E-state index in [1.165, 1.54) is 0 Å². The van der Waals surface area contributed by atoms with Crippen LogP contribution in [0.15, 0.2) is 0 Å². The molecule has 0 aromatic heterocycles. The molecule has 0 aliphatic heterocycles. The van der Waals surface area contributed by atoms with Crippen molar-refractivity contribution in [2.75, 3.05) is 13.2 Å². The van der Waals surface area contributed by atoms with E-state index in [-0.39, 0.29) is 0 Å². The standard InChI is InChI=1S/C8H15FO.C2H6/c1-3-10-6-7-4-8(2,9)5-7;1-2/h7H,3-6H2,1-2H3;1-2H3. The first kappa shape index (κ1) is 11.9. The predicted molar refractivity (Wildman–Crippen MR) is 50.1 cm³/mol. The van der Waals surface area contributed by atoms with Crippen LogP contribution >= 0.6 is 0 Å². The molecular weight excluding hydrogens is 155 g/mol. The molecule has 0 N–H and O–H groups in total. The van der Waals surface area contributed by atoms with E-state index in [4.69, 9.17) is 4.74 Å². The minimum Gasteiger partial charge on any atom is -0.381 e. The summed E-state index contributed by atoms with van der Waals surface area (Å²) in [5.41, 5.74) is -0.887. The molecule has 0 atom stereocenters. The first-order chi connectivity index (χ1) is 5.64. The zero-order valence-corrected chi connectivity index (χ0v) is 8.69. The van der Waals surface area contributed by atoms with Crippen LogP contribution in [0.4, 0.5) is 4.39 Å². The molecule has 0 spiro atoms. The van der Waals surface area contributed by atoms with Crippen LogP contribution in [-0.2, 0) is 4.74 Å². The number of hydrogen-bond donors (Lipinski definition) is 0. The molecule has 2 heteroatoms. The third-order valence-corrected chi connectivity index (χ3v) is 1.99. The van der Waals surface area contributed by atoms with Gasteiger partial charge in [-0.3, -0.25) is 0 Å². The number of rotatable bonds is 3. The van der Waals surface area contributed by atoms with Crippen LogP contribution in [0.3, 0.4) is 0 Å². The first-order valence-corrected chi connectivity index (χ1v) is 4.91. The Bertz CT molecular complexity index is 104. The van der Waals surface area contributed by atoms with Crippen molar-refractivity contribution >= 4 is 0 Å². The Morgan fingerprint density at radius 3 is 2.25 bits per heavy atom. The summed E-state index contributed by atoms with van der Waals surface area (Å²) in [6.45, 7) is 9.12. The molecule has 0 radical (unpaired) electrons. The Kier molecular flexibility index (Phi) is 5.47. The van der Waals surface area contributed by atoms with Crippen LogP contribution in [0.2, 0.25) is 0 Å². The molecule has 1 aliphatic carbocycles. The first-order valence-electron chi connectivity index (χ1n) is 4.91. The molecule has 0 amide bonds. The molecule has 0 bridgehead atoms. The molecule has 0 unspecified atom stereocenters. The van der Waals surface area contributed by atoms with Gasteiger partial charge in [-0.05, 0) is 32.6 Å². The van der Waals surface area contributed by atoms with Gasteiger partial charge in [0.15, 0.2) is 0 Å². The summed E-state index contributed by atoms with van der Waals surface area (Å²) in [6, 6.07) is 0. The van der Waals surface area contributed by atoms with Gasteiger partial charge in [0, 0.05) is 13.2 Å². The SMILES string of the molecule is CC.CCOCC1CC(C)(F)C1. The normalized spacial score (nSPS) is 33.2. The maximum atomic E-state index is 12.8. The monoisotopic (exact) mass is 176 g/mol. The lowest BCUT2D eigenvalue weighted by atomic mass is 9.74. The third kappa shape index (κ3) is 4.05. The highest BCUT2D eigenvalue weighted by Gasteiger charge is 2.40. The highest BCUT2D eigenvalue weighted by atomic mass is 19.1. The van der Waals surface area contributed by atoms with E-state index in [9.17, 15) is 4.39 Å². The van der Waals surface area contributed by atoms with Crippen molar-refractivity contribution in [2.24, 2.45) is 5.92 Å². The molecule has 1 saturated carbocycles. The predicted octanol–water partition coefficient (Wildman–Crippen LogP) is 3.19. The lowest BCUT2D eigenvalue weighted by molar-refractivity contribution is -0.0233. The third-order valence-electron chi connectivity index (χ3n) is 1.99. The Morgan fingerprint density at radius 2 is 1.92 bits per heavy atom. The largest absolute Gasteiger partial charge is 0.381 e. The van der Waals surface area contributed by atoms with E-state index in [0.29, 0.717) is 18.8 Å². The Labute approximate surface area is 75.3 Å². The number of hydrogen-bond acceptors (Lipinski definition) is 1. The van der Waals surface area contributed by atoms with Gasteiger partial charge in [-0.15, -0.1) is 0 Å². The molecule has 1 fully saturated rings. The van der Waals surface area contributed by atoms with Crippen LogP contribution in [0.25, 0.3) is 0 Å².